The van der Waals surface area contributed by atoms with Crippen LogP contribution in [0.15, 0.2) is 0 Å². The molecular weight excluding hydrogens is 244 g/mol. The van der Waals surface area contributed by atoms with Gasteiger partial charge in [0.05, 0.1) is 0 Å². The minimum atomic E-state index is -0.744. The molecule has 0 aromatic rings. The molecule has 2 fully saturated rings. The third-order valence-corrected chi connectivity index (χ3v) is 4.58. The highest BCUT2D eigenvalue weighted by molar-refractivity contribution is 5.75. The number of urea groups is 1. The van der Waals surface area contributed by atoms with Gasteiger partial charge < -0.3 is 14.9 Å². The molecule has 0 aromatic carbocycles. The maximum absolute atomic E-state index is 12.4. The second-order valence-electron chi connectivity index (χ2n) is 6.18. The third kappa shape index (κ3) is 3.39. The molecular formula is C14H24N2O3. The zero-order valence-corrected chi connectivity index (χ0v) is 11.8. The fourth-order valence-corrected chi connectivity index (χ4v) is 3.06. The summed E-state index contributed by atoms with van der Waals surface area (Å²) in [5.41, 5.74) is 0. The number of rotatable bonds is 3. The molecule has 0 aromatic heterocycles. The molecule has 0 radical (unpaired) electrons. The molecule has 1 N–H and O–H groups in total. The minimum Gasteiger partial charge on any atom is -0.481 e. The Morgan fingerprint density at radius 3 is 2.32 bits per heavy atom. The first-order chi connectivity index (χ1) is 8.97. The van der Waals surface area contributed by atoms with Crippen LogP contribution in [-0.2, 0) is 4.79 Å². The van der Waals surface area contributed by atoms with Crippen molar-refractivity contribution < 1.29 is 14.7 Å². The van der Waals surface area contributed by atoms with Crippen LogP contribution in [0, 0.1) is 17.8 Å². The number of amides is 2. The lowest BCUT2D eigenvalue weighted by atomic mass is 10.0. The molecule has 2 aliphatic rings. The van der Waals surface area contributed by atoms with Crippen LogP contribution in [-0.4, -0.2) is 53.1 Å². The zero-order chi connectivity index (χ0) is 14.0. The Bertz CT molecular complexity index is 349. The van der Waals surface area contributed by atoms with Gasteiger partial charge in [0.25, 0.3) is 0 Å². The zero-order valence-electron chi connectivity index (χ0n) is 11.8. The van der Waals surface area contributed by atoms with Crippen LogP contribution in [0.2, 0.25) is 0 Å². The van der Waals surface area contributed by atoms with Gasteiger partial charge in [0.2, 0.25) is 0 Å². The Hall–Kier alpha value is -1.26. The summed E-state index contributed by atoms with van der Waals surface area (Å²) in [5, 5.41) is 8.69. The molecule has 0 bridgehead atoms. The van der Waals surface area contributed by atoms with Gasteiger partial charge in [0.1, 0.15) is 0 Å². The number of hydrogen-bond acceptors (Lipinski definition) is 2. The molecule has 19 heavy (non-hydrogen) atoms. The molecule has 2 saturated heterocycles. The minimum absolute atomic E-state index is 0.147. The summed E-state index contributed by atoms with van der Waals surface area (Å²) >= 11 is 0. The number of carboxylic acid groups (broad SMARTS) is 1. The van der Waals surface area contributed by atoms with E-state index in [4.69, 9.17) is 5.11 Å². The lowest BCUT2D eigenvalue weighted by Gasteiger charge is -2.24. The maximum Gasteiger partial charge on any atom is 0.320 e. The quantitative estimate of drug-likeness (QED) is 0.850. The van der Waals surface area contributed by atoms with E-state index < -0.39 is 5.97 Å². The van der Waals surface area contributed by atoms with Gasteiger partial charge in [-0.15, -0.1) is 0 Å². The molecule has 5 nitrogen and oxygen atoms in total. The molecule has 3 atom stereocenters. The Kier molecular flexibility index (Phi) is 4.32. The summed E-state index contributed by atoms with van der Waals surface area (Å²) in [6.45, 7) is 7.61. The number of carbonyl (C=O) groups is 2. The Morgan fingerprint density at radius 1 is 1.11 bits per heavy atom. The lowest BCUT2D eigenvalue weighted by Crippen LogP contribution is -2.41. The van der Waals surface area contributed by atoms with E-state index in [1.54, 1.807) is 0 Å². The average molecular weight is 268 g/mol. The first kappa shape index (κ1) is 14.2. The largest absolute Gasteiger partial charge is 0.481 e. The fourth-order valence-electron chi connectivity index (χ4n) is 3.06. The van der Waals surface area contributed by atoms with Crippen LogP contribution in [0.4, 0.5) is 4.79 Å². The van der Waals surface area contributed by atoms with Crippen LogP contribution in [0.1, 0.15) is 33.1 Å². The van der Waals surface area contributed by atoms with Crippen molar-refractivity contribution in [3.05, 3.63) is 0 Å². The standard InChI is InChI=1S/C14H24N2O3/c1-10-7-16(8-11(10)2)14(19)15-6-5-12(9-15)3-4-13(17)18/h10-12H,3-9H2,1-2H3,(H,17,18). The summed E-state index contributed by atoms with van der Waals surface area (Å²) in [4.78, 5) is 26.8. The molecule has 0 saturated carbocycles. The van der Waals surface area contributed by atoms with Crippen LogP contribution < -0.4 is 0 Å². The molecule has 0 spiro atoms. The second kappa shape index (κ2) is 5.80. The fraction of sp³-hybridized carbons (Fsp3) is 0.857. The first-order valence-electron chi connectivity index (χ1n) is 7.23. The smallest absolute Gasteiger partial charge is 0.320 e. The van der Waals surface area contributed by atoms with Crippen LogP contribution >= 0.6 is 0 Å². The van der Waals surface area contributed by atoms with Crippen molar-refractivity contribution in [2.75, 3.05) is 26.2 Å². The number of nitrogens with zero attached hydrogens (tertiary/aromatic N) is 2. The Balaban J connectivity index is 1.80. The van der Waals surface area contributed by atoms with Crippen molar-refractivity contribution in [1.82, 2.24) is 9.80 Å². The van der Waals surface area contributed by atoms with Crippen LogP contribution in [0.25, 0.3) is 0 Å². The molecule has 2 amide bonds. The summed E-state index contributed by atoms with van der Waals surface area (Å²) in [7, 11) is 0. The van der Waals surface area contributed by atoms with E-state index in [2.05, 4.69) is 13.8 Å². The number of carbonyl (C=O) groups excluding carboxylic acids is 1. The first-order valence-corrected chi connectivity index (χ1v) is 7.23. The summed E-state index contributed by atoms with van der Waals surface area (Å²) in [5.74, 6) is 0.771. The number of hydrogen-bond donors (Lipinski definition) is 1. The monoisotopic (exact) mass is 268 g/mol. The normalized spacial score (nSPS) is 30.9. The Morgan fingerprint density at radius 2 is 1.74 bits per heavy atom. The van der Waals surface area contributed by atoms with Gasteiger partial charge in [-0.3, -0.25) is 4.79 Å². The topological polar surface area (TPSA) is 60.9 Å². The molecule has 2 heterocycles. The van der Waals surface area contributed by atoms with E-state index in [1.165, 1.54) is 0 Å². The van der Waals surface area contributed by atoms with E-state index in [0.29, 0.717) is 24.2 Å². The van der Waals surface area contributed by atoms with Crippen molar-refractivity contribution in [1.29, 1.82) is 0 Å². The summed E-state index contributed by atoms with van der Waals surface area (Å²) < 4.78 is 0. The van der Waals surface area contributed by atoms with Gasteiger partial charge in [-0.05, 0) is 30.6 Å². The number of likely N-dealkylation sites (tertiary alicyclic amines) is 2. The molecule has 0 aliphatic carbocycles. The third-order valence-electron chi connectivity index (χ3n) is 4.58. The highest BCUT2D eigenvalue weighted by atomic mass is 16.4. The van der Waals surface area contributed by atoms with Gasteiger partial charge in [0.15, 0.2) is 0 Å². The highest BCUT2D eigenvalue weighted by Crippen LogP contribution is 2.26. The van der Waals surface area contributed by atoms with Gasteiger partial charge >= 0.3 is 12.0 Å². The van der Waals surface area contributed by atoms with E-state index >= 15 is 0 Å². The Labute approximate surface area is 114 Å². The van der Waals surface area contributed by atoms with Crippen molar-refractivity contribution in [3.63, 3.8) is 0 Å². The predicted octanol–water partition coefficient (Wildman–Crippen LogP) is 1.88. The van der Waals surface area contributed by atoms with E-state index in [1.807, 2.05) is 9.80 Å². The number of aliphatic carboxylic acids is 1. The van der Waals surface area contributed by atoms with Crippen molar-refractivity contribution in [2.45, 2.75) is 33.1 Å². The number of carboxylic acids is 1. The molecule has 5 heteroatoms. The molecule has 2 aliphatic heterocycles. The average Bonchev–Trinajstić information content (AvgIpc) is 2.94. The van der Waals surface area contributed by atoms with Crippen LogP contribution in [0.5, 0.6) is 0 Å². The predicted molar refractivity (Wildman–Crippen MR) is 71.8 cm³/mol. The van der Waals surface area contributed by atoms with Gasteiger partial charge in [-0.25, -0.2) is 4.79 Å². The summed E-state index contributed by atoms with van der Waals surface area (Å²) in [6, 6.07) is 0.147. The highest BCUT2D eigenvalue weighted by Gasteiger charge is 2.34. The van der Waals surface area contributed by atoms with Crippen molar-refractivity contribution in [3.8, 4) is 0 Å². The van der Waals surface area contributed by atoms with Gasteiger partial charge in [-0.2, -0.15) is 0 Å². The molecule has 108 valence electrons. The van der Waals surface area contributed by atoms with Crippen molar-refractivity contribution in [2.24, 2.45) is 17.8 Å². The van der Waals surface area contributed by atoms with E-state index in [9.17, 15) is 9.59 Å². The van der Waals surface area contributed by atoms with Gasteiger partial charge in [0, 0.05) is 32.6 Å². The van der Waals surface area contributed by atoms with Crippen molar-refractivity contribution >= 4 is 12.0 Å². The second-order valence-corrected chi connectivity index (χ2v) is 6.18. The molecule has 3 unspecified atom stereocenters. The lowest BCUT2D eigenvalue weighted by molar-refractivity contribution is -0.137. The maximum atomic E-state index is 12.4. The van der Waals surface area contributed by atoms with Gasteiger partial charge in [-0.1, -0.05) is 13.8 Å². The van der Waals surface area contributed by atoms with Crippen LogP contribution in [0.3, 0.4) is 0 Å². The molecule has 2 rings (SSSR count). The van der Waals surface area contributed by atoms with E-state index in [-0.39, 0.29) is 12.5 Å². The SMILES string of the molecule is CC1CN(C(=O)N2CCC(CCC(=O)O)C2)CC1C. The summed E-state index contributed by atoms with van der Waals surface area (Å²) in [6.07, 6.45) is 1.84. The van der Waals surface area contributed by atoms with E-state index in [0.717, 1.165) is 32.6 Å².